The van der Waals surface area contributed by atoms with E-state index in [0.717, 1.165) is 47.5 Å². The minimum absolute atomic E-state index is 0.107. The van der Waals surface area contributed by atoms with Gasteiger partial charge in [0, 0.05) is 32.2 Å². The number of carbonyl (C=O) groups excluding carboxylic acids is 2. The van der Waals surface area contributed by atoms with Gasteiger partial charge < -0.3 is 15.5 Å². The minimum atomic E-state index is -0.453. The number of anilines is 1. The number of dihydropyridines is 1. The second kappa shape index (κ2) is 9.04. The Labute approximate surface area is 194 Å². The topological polar surface area (TPSA) is 86.7 Å². The van der Waals surface area contributed by atoms with Crippen molar-refractivity contribution in [3.63, 3.8) is 0 Å². The number of nitrogens with zero attached hydrogens (tertiary/aromatic N) is 3. The van der Waals surface area contributed by atoms with Crippen LogP contribution in [0, 0.1) is 0 Å². The number of rotatable bonds is 4. The number of aromatic nitrogens is 1. The predicted octanol–water partition coefficient (Wildman–Crippen LogP) is 3.52. The van der Waals surface area contributed by atoms with Crippen LogP contribution in [-0.4, -0.2) is 47.6 Å². The van der Waals surface area contributed by atoms with Gasteiger partial charge in [-0.3, -0.25) is 14.8 Å². The molecule has 0 fully saturated rings. The molecule has 3 aliphatic rings. The summed E-state index contributed by atoms with van der Waals surface area (Å²) in [6.45, 7) is 7.18. The Balaban J connectivity index is 1.54. The zero-order chi connectivity index (χ0) is 23.6. The third kappa shape index (κ3) is 4.32. The smallest absolute Gasteiger partial charge is 0.248 e. The Morgan fingerprint density at radius 2 is 2.18 bits per heavy atom. The van der Waals surface area contributed by atoms with Gasteiger partial charge in [-0.2, -0.15) is 0 Å². The molecular weight excluding hydrogens is 414 g/mol. The molecule has 1 aromatic rings. The summed E-state index contributed by atoms with van der Waals surface area (Å²) in [6, 6.07) is 1.62. The van der Waals surface area contributed by atoms with Gasteiger partial charge >= 0.3 is 0 Å². The van der Waals surface area contributed by atoms with Crippen LogP contribution in [0.15, 0.2) is 64.1 Å². The maximum atomic E-state index is 11.7. The van der Waals surface area contributed by atoms with Crippen molar-refractivity contribution >= 4 is 29.8 Å². The molecule has 0 aliphatic carbocycles. The van der Waals surface area contributed by atoms with Crippen molar-refractivity contribution < 1.29 is 9.59 Å². The van der Waals surface area contributed by atoms with Crippen molar-refractivity contribution in [3.05, 3.63) is 70.4 Å². The quantitative estimate of drug-likeness (QED) is 0.696. The molecule has 0 radical (unpaired) electrons. The number of fused-ring (bicyclic) bond motifs is 1. The van der Waals surface area contributed by atoms with Crippen molar-refractivity contribution in [1.82, 2.24) is 15.2 Å². The van der Waals surface area contributed by atoms with Crippen LogP contribution < -0.4 is 10.6 Å². The average molecular weight is 444 g/mol. The number of carbonyl (C=O) groups is 1. The lowest BCUT2D eigenvalue weighted by Gasteiger charge is -2.40. The molecule has 7 heteroatoms. The summed E-state index contributed by atoms with van der Waals surface area (Å²) in [4.78, 5) is 34.4. The first-order valence-electron chi connectivity index (χ1n) is 11.2. The van der Waals surface area contributed by atoms with Gasteiger partial charge in [-0.25, -0.2) is 4.79 Å². The Kier molecular flexibility index (Phi) is 6.16. The molecule has 170 valence electrons. The summed E-state index contributed by atoms with van der Waals surface area (Å²) in [6.07, 6.45) is 15.3. The van der Waals surface area contributed by atoms with Crippen LogP contribution in [0.2, 0.25) is 0 Å². The second-order valence-electron chi connectivity index (χ2n) is 8.78. The van der Waals surface area contributed by atoms with Gasteiger partial charge in [0.1, 0.15) is 11.7 Å². The SMILES string of the molecule is CCC1=Cc2ncc(C(C)(C)N3C=CC(=C4C=CC(C(=O)NC)N=C4)CC3)cc2NC1=C=O. The fourth-order valence-electron chi connectivity index (χ4n) is 4.24. The highest BCUT2D eigenvalue weighted by Crippen LogP contribution is 2.36. The third-order valence-corrected chi connectivity index (χ3v) is 6.51. The highest BCUT2D eigenvalue weighted by molar-refractivity contribution is 5.92. The molecule has 1 amide bonds. The van der Waals surface area contributed by atoms with Crippen LogP contribution in [0.3, 0.4) is 0 Å². The van der Waals surface area contributed by atoms with E-state index in [0.29, 0.717) is 5.70 Å². The fourth-order valence-corrected chi connectivity index (χ4v) is 4.24. The number of nitrogens with one attached hydrogen (secondary N) is 2. The van der Waals surface area contributed by atoms with Crippen molar-refractivity contribution in [3.8, 4) is 0 Å². The summed E-state index contributed by atoms with van der Waals surface area (Å²) in [5, 5.41) is 5.82. The molecule has 1 atom stereocenters. The van der Waals surface area contributed by atoms with Gasteiger partial charge in [0.2, 0.25) is 5.91 Å². The molecule has 33 heavy (non-hydrogen) atoms. The number of amides is 1. The maximum Gasteiger partial charge on any atom is 0.248 e. The van der Waals surface area contributed by atoms with Crippen LogP contribution in [0.1, 0.15) is 44.9 Å². The van der Waals surface area contributed by atoms with E-state index >= 15 is 0 Å². The molecule has 3 aliphatic heterocycles. The first kappa shape index (κ1) is 22.5. The highest BCUT2D eigenvalue weighted by Gasteiger charge is 2.30. The zero-order valence-electron chi connectivity index (χ0n) is 19.5. The van der Waals surface area contributed by atoms with E-state index in [4.69, 9.17) is 0 Å². The van der Waals surface area contributed by atoms with Crippen molar-refractivity contribution in [2.24, 2.45) is 4.99 Å². The van der Waals surface area contributed by atoms with E-state index in [-0.39, 0.29) is 11.4 Å². The predicted molar refractivity (Wildman–Crippen MR) is 131 cm³/mol. The summed E-state index contributed by atoms with van der Waals surface area (Å²) >= 11 is 0. The van der Waals surface area contributed by atoms with Crippen LogP contribution in [-0.2, 0) is 15.1 Å². The molecule has 0 spiro atoms. The van der Waals surface area contributed by atoms with Gasteiger partial charge in [-0.05, 0) is 67.2 Å². The number of hydrogen-bond donors (Lipinski definition) is 2. The molecule has 0 saturated heterocycles. The molecule has 1 unspecified atom stereocenters. The minimum Gasteiger partial charge on any atom is -0.368 e. The number of allylic oxidation sites excluding steroid dienone is 4. The van der Waals surface area contributed by atoms with Gasteiger partial charge in [0.15, 0.2) is 5.94 Å². The molecular formula is C26H29N5O2. The fraction of sp³-hybridized carbons (Fsp3) is 0.346. The van der Waals surface area contributed by atoms with Crippen molar-refractivity contribution in [2.45, 2.75) is 45.2 Å². The highest BCUT2D eigenvalue weighted by atomic mass is 16.2. The Morgan fingerprint density at radius 1 is 1.36 bits per heavy atom. The van der Waals surface area contributed by atoms with E-state index in [2.05, 4.69) is 57.7 Å². The first-order chi connectivity index (χ1) is 15.9. The lowest BCUT2D eigenvalue weighted by atomic mass is 9.90. The maximum absolute atomic E-state index is 11.7. The lowest BCUT2D eigenvalue weighted by molar-refractivity contribution is -0.120. The number of aliphatic imine (C=N–C) groups is 1. The van der Waals surface area contributed by atoms with Gasteiger partial charge in [-0.1, -0.05) is 19.1 Å². The van der Waals surface area contributed by atoms with Crippen molar-refractivity contribution in [1.29, 1.82) is 0 Å². The van der Waals surface area contributed by atoms with Crippen LogP contribution in [0.5, 0.6) is 0 Å². The summed E-state index contributed by atoms with van der Waals surface area (Å²) in [7, 11) is 1.62. The second-order valence-corrected chi connectivity index (χ2v) is 8.78. The Morgan fingerprint density at radius 3 is 2.79 bits per heavy atom. The zero-order valence-corrected chi connectivity index (χ0v) is 19.5. The van der Waals surface area contributed by atoms with Crippen LogP contribution in [0.4, 0.5) is 5.69 Å². The lowest BCUT2D eigenvalue weighted by Crippen LogP contribution is -2.40. The van der Waals surface area contributed by atoms with E-state index in [1.54, 1.807) is 13.3 Å². The van der Waals surface area contributed by atoms with Crippen LogP contribution in [0.25, 0.3) is 6.08 Å². The van der Waals surface area contributed by atoms with E-state index < -0.39 is 6.04 Å². The van der Waals surface area contributed by atoms with Gasteiger partial charge in [0.05, 0.1) is 16.9 Å². The van der Waals surface area contributed by atoms with E-state index in [1.807, 2.05) is 37.3 Å². The standard InChI is InChI=1S/C26H29N5O2/c1-5-17-12-22-23(30-24(17)16-32)13-20(15-29-22)26(2,3)31-10-8-18(9-11-31)19-6-7-21(28-14-19)25(33)27-4/h6-8,10,12-15,21,30H,5,9,11H2,1-4H3,(H,27,33). The summed E-state index contributed by atoms with van der Waals surface area (Å²) in [5.41, 5.74) is 6.06. The molecule has 4 rings (SSSR count). The first-order valence-corrected chi connectivity index (χ1v) is 11.2. The molecule has 4 heterocycles. The molecule has 2 N–H and O–H groups in total. The molecule has 7 nitrogen and oxygen atoms in total. The molecule has 0 bridgehead atoms. The van der Waals surface area contributed by atoms with E-state index in [1.165, 1.54) is 5.57 Å². The number of likely N-dealkylation sites (N-methyl/N-ethyl adjacent to an activating group) is 1. The largest absolute Gasteiger partial charge is 0.368 e. The molecule has 0 aromatic carbocycles. The monoisotopic (exact) mass is 443 g/mol. The third-order valence-electron chi connectivity index (χ3n) is 6.51. The van der Waals surface area contributed by atoms with Crippen molar-refractivity contribution in [2.75, 3.05) is 18.9 Å². The number of pyridine rings is 1. The molecule has 1 aromatic heterocycles. The van der Waals surface area contributed by atoms with Gasteiger partial charge in [0.25, 0.3) is 0 Å². The summed E-state index contributed by atoms with van der Waals surface area (Å²) < 4.78 is 0. The van der Waals surface area contributed by atoms with Crippen LogP contribution >= 0.6 is 0 Å². The summed E-state index contributed by atoms with van der Waals surface area (Å²) in [5.74, 6) is 1.90. The Hall–Kier alpha value is -3.70. The average Bonchev–Trinajstić information content (AvgIpc) is 2.87. The van der Waals surface area contributed by atoms with E-state index in [9.17, 15) is 9.59 Å². The number of hydrogen-bond acceptors (Lipinski definition) is 6. The normalized spacial score (nSPS) is 21.8. The molecule has 0 saturated carbocycles. The van der Waals surface area contributed by atoms with Gasteiger partial charge in [-0.15, -0.1) is 0 Å². The Bertz CT molecular complexity index is 1160.